The second kappa shape index (κ2) is 7.84. The second-order valence-electron chi connectivity index (χ2n) is 7.33. The lowest BCUT2D eigenvalue weighted by atomic mass is 9.97. The summed E-state index contributed by atoms with van der Waals surface area (Å²) in [5.74, 6) is 2.32. The van der Waals surface area contributed by atoms with Gasteiger partial charge in [0.05, 0.1) is 12.1 Å². The molecule has 0 aromatic carbocycles. The van der Waals surface area contributed by atoms with Crippen LogP contribution in [0.5, 0.6) is 0 Å². The number of hydrogen-bond acceptors (Lipinski definition) is 6. The van der Waals surface area contributed by atoms with E-state index in [-0.39, 0.29) is 11.8 Å². The van der Waals surface area contributed by atoms with Gasteiger partial charge in [-0.05, 0) is 38.8 Å². The first-order chi connectivity index (χ1) is 12.7. The molecule has 1 atom stereocenters. The minimum atomic E-state index is 0.0339. The Labute approximate surface area is 158 Å². The fourth-order valence-corrected chi connectivity index (χ4v) is 4.56. The summed E-state index contributed by atoms with van der Waals surface area (Å²) in [5.41, 5.74) is 2.27. The highest BCUT2D eigenvalue weighted by Gasteiger charge is 2.29. The highest BCUT2D eigenvalue weighted by Crippen LogP contribution is 2.27. The summed E-state index contributed by atoms with van der Waals surface area (Å²) in [6.07, 6.45) is 5.94. The third kappa shape index (κ3) is 3.66. The molecule has 8 heteroatoms. The molecule has 4 heterocycles. The average Bonchev–Trinajstić information content (AvgIpc) is 3.33. The van der Waals surface area contributed by atoms with Gasteiger partial charge < -0.3 is 9.47 Å². The van der Waals surface area contributed by atoms with Crippen LogP contribution in [0.1, 0.15) is 60.2 Å². The van der Waals surface area contributed by atoms with Crippen molar-refractivity contribution in [3.05, 3.63) is 28.2 Å². The average molecular weight is 375 g/mol. The quantitative estimate of drug-likeness (QED) is 0.821. The van der Waals surface area contributed by atoms with Crippen LogP contribution < -0.4 is 0 Å². The van der Waals surface area contributed by atoms with Gasteiger partial charge in [0.2, 0.25) is 0 Å². The topological polar surface area (TPSA) is 67.2 Å². The van der Waals surface area contributed by atoms with Crippen molar-refractivity contribution in [3.8, 4) is 0 Å². The number of piperidine rings is 2. The van der Waals surface area contributed by atoms with Crippen LogP contribution in [0.2, 0.25) is 0 Å². The Morgan fingerprint density at radius 3 is 2.81 bits per heavy atom. The fourth-order valence-electron chi connectivity index (χ4n) is 4.04. The lowest BCUT2D eigenvalue weighted by Crippen LogP contribution is -2.40. The summed E-state index contributed by atoms with van der Waals surface area (Å²) >= 11 is 1.46. The normalized spacial score (nSPS) is 21.9. The van der Waals surface area contributed by atoms with Gasteiger partial charge in [0.1, 0.15) is 17.3 Å². The van der Waals surface area contributed by atoms with E-state index in [0.717, 1.165) is 50.7 Å². The van der Waals surface area contributed by atoms with Crippen LogP contribution in [0.15, 0.2) is 10.9 Å². The van der Waals surface area contributed by atoms with E-state index in [2.05, 4.69) is 31.7 Å². The van der Waals surface area contributed by atoms with Crippen LogP contribution in [-0.2, 0) is 13.6 Å². The number of amides is 1. The summed E-state index contributed by atoms with van der Waals surface area (Å²) in [7, 11) is 2.07. The van der Waals surface area contributed by atoms with E-state index in [4.69, 9.17) is 0 Å². The van der Waals surface area contributed by atoms with E-state index in [0.29, 0.717) is 12.2 Å². The second-order valence-corrected chi connectivity index (χ2v) is 8.05. The molecule has 0 radical (unpaired) electrons. The van der Waals surface area contributed by atoms with Crippen molar-refractivity contribution in [2.75, 3.05) is 26.2 Å². The van der Waals surface area contributed by atoms with Crippen LogP contribution in [-0.4, -0.2) is 61.6 Å². The van der Waals surface area contributed by atoms with Crippen LogP contribution in [0.25, 0.3) is 0 Å². The van der Waals surface area contributed by atoms with Crippen molar-refractivity contribution in [1.82, 2.24) is 29.5 Å². The number of thiazole rings is 1. The summed E-state index contributed by atoms with van der Waals surface area (Å²) in [5, 5.41) is 10.8. The van der Waals surface area contributed by atoms with Gasteiger partial charge >= 0.3 is 0 Å². The first-order valence-electron chi connectivity index (χ1n) is 9.50. The minimum absolute atomic E-state index is 0.0339. The van der Waals surface area contributed by atoms with E-state index in [1.54, 1.807) is 5.51 Å². The van der Waals surface area contributed by atoms with Gasteiger partial charge in [-0.2, -0.15) is 0 Å². The number of likely N-dealkylation sites (tertiary alicyclic amines) is 2. The molecule has 0 unspecified atom stereocenters. The Hall–Kier alpha value is -1.80. The van der Waals surface area contributed by atoms with Crippen molar-refractivity contribution >= 4 is 17.2 Å². The zero-order chi connectivity index (χ0) is 17.9. The van der Waals surface area contributed by atoms with Crippen molar-refractivity contribution in [2.24, 2.45) is 7.05 Å². The molecule has 0 N–H and O–H groups in total. The molecule has 0 aliphatic carbocycles. The molecule has 7 nitrogen and oxygen atoms in total. The lowest BCUT2D eigenvalue weighted by molar-refractivity contribution is 0.0698. The molecule has 0 spiro atoms. The van der Waals surface area contributed by atoms with Gasteiger partial charge in [-0.25, -0.2) is 4.98 Å². The molecule has 2 aromatic heterocycles. The smallest absolute Gasteiger partial charge is 0.273 e. The molecule has 26 heavy (non-hydrogen) atoms. The monoisotopic (exact) mass is 374 g/mol. The minimum Gasteiger partial charge on any atom is -0.337 e. The molecule has 2 aliphatic rings. The SMILES string of the molecule is Cn1c(CN2CCCCC2)nnc1[C@H]1CCCN(C(=O)c2cscn2)C1. The van der Waals surface area contributed by atoms with Gasteiger partial charge in [0.15, 0.2) is 0 Å². The Balaban J connectivity index is 1.44. The predicted octanol–water partition coefficient (Wildman–Crippen LogP) is 2.28. The Morgan fingerprint density at radius 1 is 1.19 bits per heavy atom. The highest BCUT2D eigenvalue weighted by molar-refractivity contribution is 7.07. The van der Waals surface area contributed by atoms with E-state index >= 15 is 0 Å². The lowest BCUT2D eigenvalue weighted by Gasteiger charge is -2.32. The van der Waals surface area contributed by atoms with Gasteiger partial charge in [0, 0.05) is 31.4 Å². The Kier molecular flexibility index (Phi) is 5.31. The molecule has 4 rings (SSSR count). The maximum atomic E-state index is 12.6. The molecule has 2 fully saturated rings. The summed E-state index contributed by atoms with van der Waals surface area (Å²) in [6, 6.07) is 0. The molecule has 0 bridgehead atoms. The number of carbonyl (C=O) groups excluding carboxylic acids is 1. The third-order valence-corrected chi connectivity index (χ3v) is 6.12. The third-order valence-electron chi connectivity index (χ3n) is 5.54. The maximum absolute atomic E-state index is 12.6. The maximum Gasteiger partial charge on any atom is 0.273 e. The van der Waals surface area contributed by atoms with Crippen molar-refractivity contribution < 1.29 is 4.79 Å². The molecule has 140 valence electrons. The van der Waals surface area contributed by atoms with Crippen LogP contribution in [0.4, 0.5) is 0 Å². The van der Waals surface area contributed by atoms with Crippen LogP contribution in [0.3, 0.4) is 0 Å². The van der Waals surface area contributed by atoms with E-state index in [1.165, 1.54) is 30.6 Å². The number of carbonyl (C=O) groups is 1. The van der Waals surface area contributed by atoms with Gasteiger partial charge in [-0.1, -0.05) is 6.42 Å². The molecule has 2 saturated heterocycles. The molecule has 1 amide bonds. The summed E-state index contributed by atoms with van der Waals surface area (Å²) < 4.78 is 2.15. The summed E-state index contributed by atoms with van der Waals surface area (Å²) in [6.45, 7) is 4.68. The van der Waals surface area contributed by atoms with Gasteiger partial charge in [0.25, 0.3) is 5.91 Å². The zero-order valence-electron chi connectivity index (χ0n) is 15.3. The molecule has 2 aromatic rings. The van der Waals surface area contributed by atoms with Crippen molar-refractivity contribution in [1.29, 1.82) is 0 Å². The standard InChI is InChI=1S/C18H26N6OS/c1-22-16(11-23-7-3-2-4-8-23)20-21-17(22)14-6-5-9-24(10-14)18(25)15-12-26-13-19-15/h12-14H,2-11H2,1H3/t14-/m0/s1. The Morgan fingerprint density at radius 2 is 2.04 bits per heavy atom. The van der Waals surface area contributed by atoms with Gasteiger partial charge in [-0.3, -0.25) is 9.69 Å². The number of rotatable bonds is 4. The largest absolute Gasteiger partial charge is 0.337 e. The highest BCUT2D eigenvalue weighted by atomic mass is 32.1. The van der Waals surface area contributed by atoms with Crippen molar-refractivity contribution in [3.63, 3.8) is 0 Å². The summed E-state index contributed by atoms with van der Waals surface area (Å²) in [4.78, 5) is 21.2. The first-order valence-corrected chi connectivity index (χ1v) is 10.4. The number of aromatic nitrogens is 4. The number of hydrogen-bond donors (Lipinski definition) is 0. The van der Waals surface area contributed by atoms with E-state index < -0.39 is 0 Å². The van der Waals surface area contributed by atoms with Crippen LogP contribution >= 0.6 is 11.3 Å². The molecule has 0 saturated carbocycles. The fraction of sp³-hybridized carbons (Fsp3) is 0.667. The Bertz CT molecular complexity index is 737. The zero-order valence-corrected chi connectivity index (χ0v) is 16.1. The first kappa shape index (κ1) is 17.6. The van der Waals surface area contributed by atoms with Gasteiger partial charge in [-0.15, -0.1) is 21.5 Å². The molecular weight excluding hydrogens is 348 g/mol. The number of nitrogens with zero attached hydrogens (tertiary/aromatic N) is 6. The van der Waals surface area contributed by atoms with E-state index in [1.807, 2.05) is 10.3 Å². The van der Waals surface area contributed by atoms with Crippen LogP contribution in [0, 0.1) is 0 Å². The molecular formula is C18H26N6OS. The predicted molar refractivity (Wildman–Crippen MR) is 100 cm³/mol. The van der Waals surface area contributed by atoms with Crippen molar-refractivity contribution in [2.45, 2.75) is 44.6 Å². The van der Waals surface area contributed by atoms with E-state index in [9.17, 15) is 4.79 Å². The molecule has 2 aliphatic heterocycles.